The van der Waals surface area contributed by atoms with Gasteiger partial charge in [-0.2, -0.15) is 60.8 Å². The van der Waals surface area contributed by atoms with E-state index in [-0.39, 0.29) is 100 Å². The lowest BCUT2D eigenvalue weighted by atomic mass is 10.1. The van der Waals surface area contributed by atoms with E-state index in [4.69, 9.17) is 73.2 Å². The Morgan fingerprint density at radius 3 is 1.05 bits per heavy atom. The van der Waals surface area contributed by atoms with Gasteiger partial charge >= 0.3 is 0 Å². The van der Waals surface area contributed by atoms with Crippen molar-refractivity contribution in [1.82, 2.24) is 84.1 Å². The van der Waals surface area contributed by atoms with Gasteiger partial charge in [0.25, 0.3) is 0 Å². The van der Waals surface area contributed by atoms with Crippen molar-refractivity contribution in [2.45, 2.75) is 132 Å². The molecular formula is C98H114Cl5N23O9S5. The number of carbonyl (C=O) groups is 7. The van der Waals surface area contributed by atoms with Gasteiger partial charge in [-0.1, -0.05) is 88.3 Å². The summed E-state index contributed by atoms with van der Waals surface area (Å²) >= 11 is 39.4. The molecular weight excluding hydrogens is 1980 g/mol. The number of amides is 7. The molecule has 7 amide bonds. The average Bonchev–Trinajstić information content (AvgIpc) is 1.67. The predicted octanol–water partition coefficient (Wildman–Crippen LogP) is 19.7. The van der Waals surface area contributed by atoms with Crippen molar-refractivity contribution in [3.63, 3.8) is 0 Å². The number of primary amides is 1. The highest BCUT2D eigenvalue weighted by atomic mass is 35.5. The Morgan fingerprint density at radius 2 is 0.736 bits per heavy atom. The summed E-state index contributed by atoms with van der Waals surface area (Å²) in [6.45, 7) is 17.2. The highest BCUT2D eigenvalue weighted by Gasteiger charge is 2.34. The Kier molecular flexibility index (Phi) is 43.4. The summed E-state index contributed by atoms with van der Waals surface area (Å²) in [6, 6.07) is 38.0. The molecule has 0 spiro atoms. The molecule has 11 heterocycles. The maximum Gasteiger partial charge on any atom is 0.233 e. The van der Waals surface area contributed by atoms with Crippen molar-refractivity contribution in [3.05, 3.63) is 269 Å². The van der Waals surface area contributed by atoms with Crippen LogP contribution in [0.25, 0.3) is 28.4 Å². The molecule has 5 unspecified atom stereocenters. The molecule has 740 valence electrons. The molecule has 0 bridgehead atoms. The second kappa shape index (κ2) is 55.0. The Hall–Kier alpha value is -11.5. The van der Waals surface area contributed by atoms with Crippen LogP contribution in [0.4, 0.5) is 28.4 Å². The summed E-state index contributed by atoms with van der Waals surface area (Å²) in [4.78, 5) is 121. The highest BCUT2D eigenvalue weighted by Crippen LogP contribution is 2.41. The topological polar surface area (TPSA) is 359 Å². The normalized spacial score (nSPS) is 12.6. The summed E-state index contributed by atoms with van der Waals surface area (Å²) in [6.07, 6.45) is 39.1. The number of hydrogen-bond acceptors (Lipinski definition) is 25. The number of halogens is 5. The van der Waals surface area contributed by atoms with Crippen LogP contribution >= 0.6 is 117 Å². The van der Waals surface area contributed by atoms with Crippen molar-refractivity contribution in [2.75, 3.05) is 102 Å². The van der Waals surface area contributed by atoms with Crippen molar-refractivity contribution in [1.29, 1.82) is 0 Å². The van der Waals surface area contributed by atoms with Gasteiger partial charge in [0, 0.05) is 142 Å². The first-order chi connectivity index (χ1) is 67.3. The first kappa shape index (κ1) is 110. The van der Waals surface area contributed by atoms with Gasteiger partial charge in [-0.05, 0) is 201 Å². The summed E-state index contributed by atoms with van der Waals surface area (Å²) in [7, 11) is 4.98. The monoisotopic (exact) mass is 2090 g/mol. The fourth-order valence-electron chi connectivity index (χ4n) is 13.9. The molecule has 3 N–H and O–H groups in total. The molecule has 13 aromatic rings. The number of carbonyl (C=O) groups excluding carboxylic acids is 7. The number of anilines is 5. The standard InChI is InChI=1S/C21H22ClN5OS.C21H23ClN4O2S.C20H28ClN5O2S.C20H21ClN4O2S.C16H20ClN5O2S/c1-29-19(16-4-2-8-23-11-16)10-20(28)26(13-15-6-7-15)18-14-27(25-21(18)22)17-5-3-9-24-12-17;1-4-25(18-14-26(24-21(18)22)16-8-6-10-23-13-16)20(27)12-19(29-3)15-7-5-9-17(11-15)28-2;1-6-25(16-13-26(24-18(16)21)15-8-7-10-22-12-15)17(27)9-11-29-14(2)19(28)23-20(3,4)5;1-24(17-13-25(23-20(17)21)15-7-5-9-22-12-15)19(26)11-18(28-3)14-6-4-8-16(10-14)27-2;1-3-21(14(23)6-8-25-11(2)16(18)24)13-10-22(20-15(13)17)12-5-4-7-19-9-12/h2-5,8-9,11-12,14-15,19H,6-7,10,13H2,1H3;5-11,13-14,19H,4,12H2,1-3H3;7-8,10,12-14H,6,9,11H2,1-5H3,(H,23,28);4-10,12-13,18H,11H2,1-3H3;4-5,7,9-11H,3,6,8H2,1-2H3,(H2,18,24). The Labute approximate surface area is 862 Å². The molecule has 32 nitrogen and oxygen atoms in total. The summed E-state index contributed by atoms with van der Waals surface area (Å²) in [5.41, 5.74) is 14.9. The number of nitrogens with one attached hydrogen (secondary N) is 1. The SMILES string of the molecule is CCN(C(=O)CC(SC)c1cccc(OC)c1)c1cn(-c2cccnc2)nc1Cl.CCN(C(=O)CCSC(C)C(=O)NC(C)(C)C)c1cn(-c2cccnc2)nc1Cl.CCN(C(=O)CCSC(C)C(N)=O)c1cn(-c2cccnc2)nc1Cl.COc1cccc(C(CC(=O)N(C)c2cn(-c3cccnc3)nc2Cl)SC)c1.CSC(CC(=O)N(CC1CC1)c1cn(-c2cccnc2)nc1Cl)c1cccnc1. The lowest BCUT2D eigenvalue weighted by Crippen LogP contribution is -2.44. The number of aromatic nitrogens is 16. The molecule has 1 saturated carbocycles. The van der Waals surface area contributed by atoms with Crippen LogP contribution in [0.1, 0.15) is 133 Å². The number of rotatable bonds is 39. The molecule has 42 heteroatoms. The van der Waals surface area contributed by atoms with Gasteiger partial charge in [-0.15, -0.1) is 23.5 Å². The van der Waals surface area contributed by atoms with Gasteiger partial charge in [0.2, 0.25) is 41.4 Å². The molecule has 1 fully saturated rings. The number of thioether (sulfide) groups is 5. The van der Waals surface area contributed by atoms with E-state index in [0.717, 1.165) is 69.5 Å². The van der Waals surface area contributed by atoms with Gasteiger partial charge in [-0.3, -0.25) is 63.5 Å². The molecule has 0 saturated heterocycles. The number of ether oxygens (including phenoxy) is 2. The van der Waals surface area contributed by atoms with E-state index in [1.54, 1.807) is 210 Å². The van der Waals surface area contributed by atoms with Gasteiger partial charge in [0.1, 0.15) is 39.9 Å². The number of benzene rings is 2. The maximum atomic E-state index is 13.3. The molecule has 2 aromatic carbocycles. The fourth-order valence-corrected chi connectivity index (χ4v) is 18.9. The summed E-state index contributed by atoms with van der Waals surface area (Å²) in [5, 5.41) is 25.4. The average molecular weight is 2100 g/mol. The molecule has 5 atom stereocenters. The zero-order valence-corrected chi connectivity index (χ0v) is 88.0. The van der Waals surface area contributed by atoms with Crippen LogP contribution in [-0.4, -0.2) is 214 Å². The van der Waals surface area contributed by atoms with E-state index in [1.165, 1.54) is 23.5 Å². The smallest absolute Gasteiger partial charge is 0.233 e. The minimum atomic E-state index is -0.384. The Bertz CT molecular complexity index is 6160. The van der Waals surface area contributed by atoms with Gasteiger partial charge in [-0.25, -0.2) is 23.4 Å². The lowest BCUT2D eigenvalue weighted by Gasteiger charge is -2.24. The summed E-state index contributed by atoms with van der Waals surface area (Å²) < 4.78 is 18.7. The highest BCUT2D eigenvalue weighted by molar-refractivity contribution is 8.01. The number of nitrogens with two attached hydrogens (primary N) is 1. The van der Waals surface area contributed by atoms with Gasteiger partial charge in [0.05, 0.1) is 115 Å². The van der Waals surface area contributed by atoms with Crippen molar-refractivity contribution in [3.8, 4) is 39.9 Å². The maximum absolute atomic E-state index is 13.3. The van der Waals surface area contributed by atoms with Gasteiger partial charge in [0.15, 0.2) is 25.8 Å². The van der Waals surface area contributed by atoms with E-state index in [0.29, 0.717) is 103 Å². The van der Waals surface area contributed by atoms with Crippen LogP contribution in [0.2, 0.25) is 25.8 Å². The minimum Gasteiger partial charge on any atom is -0.497 e. The molecule has 1 aliphatic carbocycles. The van der Waals surface area contributed by atoms with Crippen molar-refractivity contribution < 1.29 is 43.0 Å². The van der Waals surface area contributed by atoms with Crippen LogP contribution in [0.5, 0.6) is 11.5 Å². The number of methoxy groups -OCH3 is 2. The molecule has 14 rings (SSSR count). The molecule has 0 radical (unpaired) electrons. The third kappa shape index (κ3) is 32.3. The number of nitrogens with zero attached hydrogens (tertiary/aromatic N) is 21. The lowest BCUT2D eigenvalue weighted by molar-refractivity contribution is -0.122. The molecule has 11 aromatic heterocycles. The third-order valence-corrected chi connectivity index (χ3v) is 28.3. The molecule has 0 aliphatic heterocycles. The van der Waals surface area contributed by atoms with E-state index in [9.17, 15) is 33.6 Å². The molecule has 1 aliphatic rings. The van der Waals surface area contributed by atoms with E-state index >= 15 is 0 Å². The second-order valence-electron chi connectivity index (χ2n) is 32.4. The van der Waals surface area contributed by atoms with Crippen molar-refractivity contribution in [2.24, 2.45) is 11.7 Å². The van der Waals surface area contributed by atoms with Gasteiger partial charge < -0.3 is 45.0 Å². The predicted molar refractivity (Wildman–Crippen MR) is 567 cm³/mol. The summed E-state index contributed by atoms with van der Waals surface area (Å²) in [5.74, 6) is 2.58. The zero-order valence-electron chi connectivity index (χ0n) is 80.1. The fraction of sp³-hybridized carbons (Fsp3) is 0.347. The van der Waals surface area contributed by atoms with Crippen LogP contribution in [0, 0.1) is 5.92 Å². The van der Waals surface area contributed by atoms with E-state index in [1.807, 2.05) is 195 Å². The zero-order chi connectivity index (χ0) is 101. The Balaban J connectivity index is 0.000000180. The first-order valence-electron chi connectivity index (χ1n) is 44.7. The van der Waals surface area contributed by atoms with Crippen LogP contribution < -0.4 is 45.0 Å². The quantitative estimate of drug-likeness (QED) is 0.0361. The minimum absolute atomic E-state index is 0.0113. The number of hydrogen-bond donors (Lipinski definition) is 2. The van der Waals surface area contributed by atoms with E-state index < -0.39 is 0 Å². The van der Waals surface area contributed by atoms with Crippen LogP contribution in [0.3, 0.4) is 0 Å². The number of pyridine rings is 6. The van der Waals surface area contributed by atoms with Crippen molar-refractivity contribution >= 4 is 187 Å². The third-order valence-electron chi connectivity index (χ3n) is 21.6. The van der Waals surface area contributed by atoms with Crippen LogP contribution in [-0.2, 0) is 33.6 Å². The largest absolute Gasteiger partial charge is 0.497 e. The van der Waals surface area contributed by atoms with Crippen LogP contribution in [0.15, 0.2) is 227 Å². The molecule has 140 heavy (non-hydrogen) atoms. The second-order valence-corrected chi connectivity index (χ2v) is 40.2. The Morgan fingerprint density at radius 1 is 0.429 bits per heavy atom. The first-order valence-corrected chi connectivity index (χ1v) is 52.5. The van der Waals surface area contributed by atoms with E-state index in [2.05, 4.69) is 60.7 Å².